The van der Waals surface area contributed by atoms with Crippen LogP contribution in [0.3, 0.4) is 0 Å². The first-order valence-corrected chi connectivity index (χ1v) is 8.01. The number of nitrogen functional groups attached to an aromatic ring is 1. The molecule has 0 aliphatic carbocycles. The predicted octanol–water partition coefficient (Wildman–Crippen LogP) is 2.52. The fourth-order valence-corrected chi connectivity index (χ4v) is 2.97. The average Bonchev–Trinajstić information content (AvgIpc) is 2.75. The zero-order chi connectivity index (χ0) is 16.6. The summed E-state index contributed by atoms with van der Waals surface area (Å²) in [6, 6.07) is 7.37. The van der Waals surface area contributed by atoms with Gasteiger partial charge in [0.2, 0.25) is 0 Å². The number of aromatic nitrogens is 4. The molecule has 3 aromatic rings. The van der Waals surface area contributed by atoms with E-state index in [4.69, 9.17) is 17.3 Å². The molecule has 8 heteroatoms. The molecular weight excluding hydrogens is 334 g/mol. The van der Waals surface area contributed by atoms with Gasteiger partial charge in [-0.2, -0.15) is 0 Å². The molecule has 2 heterocycles. The van der Waals surface area contributed by atoms with E-state index in [1.54, 1.807) is 6.07 Å². The van der Waals surface area contributed by atoms with Crippen molar-refractivity contribution in [2.75, 3.05) is 5.73 Å². The average molecular weight is 350 g/mol. The third kappa shape index (κ3) is 2.82. The number of hydrogen-bond acceptors (Lipinski definition) is 5. The lowest BCUT2D eigenvalue weighted by molar-refractivity contribution is 0.763. The Balaban J connectivity index is 2.21. The molecule has 0 fully saturated rings. The lowest BCUT2D eigenvalue weighted by Crippen LogP contribution is -2.21. The molecule has 6 nitrogen and oxygen atoms in total. The van der Waals surface area contributed by atoms with Crippen LogP contribution in [-0.4, -0.2) is 18.5 Å². The number of thiol groups is 1. The molecule has 0 radical (unpaired) electrons. The van der Waals surface area contributed by atoms with E-state index in [1.165, 1.54) is 8.54 Å². The predicted molar refractivity (Wildman–Crippen MR) is 95.1 cm³/mol. The van der Waals surface area contributed by atoms with Gasteiger partial charge >= 0.3 is 5.69 Å². The van der Waals surface area contributed by atoms with Gasteiger partial charge in [0.05, 0.1) is 6.54 Å². The summed E-state index contributed by atoms with van der Waals surface area (Å²) in [6.45, 7) is 2.33. The summed E-state index contributed by atoms with van der Waals surface area (Å²) in [5, 5.41) is 0.593. The second-order valence-corrected chi connectivity index (χ2v) is 6.03. The first-order chi connectivity index (χ1) is 11.0. The normalized spacial score (nSPS) is 11.3. The summed E-state index contributed by atoms with van der Waals surface area (Å²) in [6.07, 6.45) is 1.58. The minimum atomic E-state index is -0.321. The van der Waals surface area contributed by atoms with E-state index in [-0.39, 0.29) is 11.5 Å². The van der Waals surface area contributed by atoms with Crippen LogP contribution in [0.2, 0.25) is 5.02 Å². The minimum Gasteiger partial charge on any atom is -0.382 e. The third-order valence-corrected chi connectivity index (χ3v) is 4.32. The zero-order valence-corrected chi connectivity index (χ0v) is 14.2. The number of imidazole rings is 1. The molecule has 23 heavy (non-hydrogen) atoms. The van der Waals surface area contributed by atoms with E-state index < -0.39 is 0 Å². The highest BCUT2D eigenvalue weighted by molar-refractivity contribution is 7.78. The van der Waals surface area contributed by atoms with E-state index >= 15 is 0 Å². The van der Waals surface area contributed by atoms with Crippen molar-refractivity contribution in [2.24, 2.45) is 0 Å². The van der Waals surface area contributed by atoms with E-state index in [2.05, 4.69) is 22.8 Å². The molecule has 0 aliphatic heterocycles. The Morgan fingerprint density at radius 1 is 1.30 bits per heavy atom. The Labute approximate surface area is 143 Å². The fraction of sp³-hybridized carbons (Fsp3) is 0.267. The Hall–Kier alpha value is -1.99. The number of fused-ring (bicyclic) bond motifs is 1. The molecule has 1 aromatic carbocycles. The lowest BCUT2D eigenvalue weighted by atomic mass is 10.2. The van der Waals surface area contributed by atoms with E-state index in [0.29, 0.717) is 35.0 Å². The van der Waals surface area contributed by atoms with Gasteiger partial charge in [0.15, 0.2) is 11.5 Å². The quantitative estimate of drug-likeness (QED) is 0.709. The van der Waals surface area contributed by atoms with Crippen molar-refractivity contribution in [1.29, 1.82) is 0 Å². The molecule has 3 rings (SSSR count). The smallest absolute Gasteiger partial charge is 0.340 e. The number of benzene rings is 1. The highest BCUT2D eigenvalue weighted by atomic mass is 35.5. The van der Waals surface area contributed by atoms with Crippen LogP contribution in [0, 0.1) is 0 Å². The van der Waals surface area contributed by atoms with Crippen molar-refractivity contribution in [2.45, 2.75) is 26.3 Å². The van der Waals surface area contributed by atoms with Crippen LogP contribution in [0.5, 0.6) is 0 Å². The number of rotatable bonds is 4. The van der Waals surface area contributed by atoms with Gasteiger partial charge in [-0.3, -0.25) is 4.57 Å². The van der Waals surface area contributed by atoms with Crippen molar-refractivity contribution in [3.8, 4) is 0 Å². The van der Waals surface area contributed by atoms with Crippen LogP contribution in [0.15, 0.2) is 29.1 Å². The number of anilines is 1. The van der Waals surface area contributed by atoms with Crippen LogP contribution in [0.4, 0.5) is 5.82 Å². The standard InChI is InChI=1S/C15H16ClN5OS/c1-2-5-11-18-13(17)12-14(19-11)20(15(22)21(12)23)8-9-6-3-4-7-10(9)16/h3-4,6-7,23H,2,5,8H2,1H3,(H2,17,18,19). The molecule has 0 spiro atoms. The molecule has 0 bridgehead atoms. The van der Waals surface area contributed by atoms with Crippen LogP contribution in [0.25, 0.3) is 11.2 Å². The summed E-state index contributed by atoms with van der Waals surface area (Å²) in [5.74, 6) is 0.868. The number of hydrogen-bond donors (Lipinski definition) is 2. The van der Waals surface area contributed by atoms with Crippen molar-refractivity contribution >= 4 is 41.4 Å². The second kappa shape index (κ2) is 6.25. The number of aryl methyl sites for hydroxylation is 1. The van der Waals surface area contributed by atoms with E-state index in [9.17, 15) is 4.79 Å². The monoisotopic (exact) mass is 349 g/mol. The van der Waals surface area contributed by atoms with Crippen LogP contribution in [-0.2, 0) is 13.0 Å². The molecule has 0 amide bonds. The summed E-state index contributed by atoms with van der Waals surface area (Å²) >= 11 is 10.4. The van der Waals surface area contributed by atoms with Gasteiger partial charge in [0, 0.05) is 11.4 Å². The maximum atomic E-state index is 12.5. The van der Waals surface area contributed by atoms with Crippen molar-refractivity contribution < 1.29 is 0 Å². The SMILES string of the molecule is CCCc1nc(N)c2c(n1)n(Cc1ccccc1Cl)c(=O)n2S. The molecule has 2 aromatic heterocycles. The summed E-state index contributed by atoms with van der Waals surface area (Å²) < 4.78 is 2.69. The molecule has 0 saturated heterocycles. The Morgan fingerprint density at radius 2 is 2.04 bits per heavy atom. The maximum absolute atomic E-state index is 12.5. The summed E-state index contributed by atoms with van der Waals surface area (Å²) in [5.41, 5.74) is 7.39. The summed E-state index contributed by atoms with van der Waals surface area (Å²) in [4.78, 5) is 21.3. The first kappa shape index (κ1) is 15.9. The van der Waals surface area contributed by atoms with Gasteiger partial charge in [-0.05, 0) is 18.1 Å². The molecular formula is C15H16ClN5OS. The Kier molecular flexibility index (Phi) is 4.32. The van der Waals surface area contributed by atoms with E-state index in [0.717, 1.165) is 12.0 Å². The fourth-order valence-electron chi connectivity index (χ4n) is 2.47. The van der Waals surface area contributed by atoms with Crippen molar-refractivity contribution in [3.05, 3.63) is 51.2 Å². The molecule has 120 valence electrons. The van der Waals surface area contributed by atoms with Gasteiger partial charge < -0.3 is 5.73 Å². The highest BCUT2D eigenvalue weighted by Gasteiger charge is 2.18. The Morgan fingerprint density at radius 3 is 2.74 bits per heavy atom. The molecule has 0 atom stereocenters. The topological polar surface area (TPSA) is 78.7 Å². The molecule has 0 aliphatic rings. The second-order valence-electron chi connectivity index (χ2n) is 5.22. The van der Waals surface area contributed by atoms with E-state index in [1.807, 2.05) is 25.1 Å². The lowest BCUT2D eigenvalue weighted by Gasteiger charge is -2.06. The van der Waals surface area contributed by atoms with Crippen molar-refractivity contribution in [3.63, 3.8) is 0 Å². The maximum Gasteiger partial charge on any atom is 0.340 e. The molecule has 0 saturated carbocycles. The van der Waals surface area contributed by atoms with Gasteiger partial charge in [-0.15, -0.1) is 0 Å². The first-order valence-electron chi connectivity index (χ1n) is 7.23. The third-order valence-electron chi connectivity index (χ3n) is 3.58. The van der Waals surface area contributed by atoms with Gasteiger partial charge in [0.1, 0.15) is 11.3 Å². The molecule has 0 unspecified atom stereocenters. The van der Waals surface area contributed by atoms with Gasteiger partial charge in [-0.25, -0.2) is 18.7 Å². The minimum absolute atomic E-state index is 0.253. The number of halogens is 1. The number of nitrogens with two attached hydrogens (primary N) is 1. The van der Waals surface area contributed by atoms with Crippen LogP contribution >= 0.6 is 24.4 Å². The number of nitrogens with zero attached hydrogens (tertiary/aromatic N) is 4. The zero-order valence-electron chi connectivity index (χ0n) is 12.5. The van der Waals surface area contributed by atoms with Gasteiger partial charge in [0.25, 0.3) is 0 Å². The largest absolute Gasteiger partial charge is 0.382 e. The summed E-state index contributed by atoms with van der Waals surface area (Å²) in [7, 11) is 0. The highest BCUT2D eigenvalue weighted by Crippen LogP contribution is 2.21. The van der Waals surface area contributed by atoms with Crippen LogP contribution < -0.4 is 11.4 Å². The molecule has 2 N–H and O–H groups in total. The van der Waals surface area contributed by atoms with Crippen molar-refractivity contribution in [1.82, 2.24) is 18.5 Å². The van der Waals surface area contributed by atoms with Crippen LogP contribution in [0.1, 0.15) is 24.7 Å². The Bertz CT molecular complexity index is 933. The van der Waals surface area contributed by atoms with Gasteiger partial charge in [-0.1, -0.05) is 49.5 Å².